The van der Waals surface area contributed by atoms with E-state index in [1.807, 2.05) is 86.3 Å². The standard InChI is InChI=1S/C23H25N3O2/c1-23(2,3)26(16-18-10-6-4-7-11-18)21(27)17-28-20-14-24-22(25-15-20)19-12-8-5-9-13-19/h4-15H,16-17H2,1-3H3. The van der Waals surface area contributed by atoms with E-state index in [9.17, 15) is 4.79 Å². The zero-order valence-electron chi connectivity index (χ0n) is 16.5. The fraction of sp³-hybridized carbons (Fsp3) is 0.261. The van der Waals surface area contributed by atoms with Crippen LogP contribution in [0.4, 0.5) is 0 Å². The van der Waals surface area contributed by atoms with E-state index in [2.05, 4.69) is 9.97 Å². The van der Waals surface area contributed by atoms with Crippen molar-refractivity contribution in [2.24, 2.45) is 0 Å². The molecule has 1 heterocycles. The number of aromatic nitrogens is 2. The Morgan fingerprint density at radius 3 is 2.07 bits per heavy atom. The summed E-state index contributed by atoms with van der Waals surface area (Å²) < 4.78 is 5.66. The number of hydrogen-bond donors (Lipinski definition) is 0. The van der Waals surface area contributed by atoms with Crippen molar-refractivity contribution in [3.8, 4) is 17.1 Å². The average molecular weight is 375 g/mol. The third kappa shape index (κ3) is 5.16. The molecule has 1 aromatic heterocycles. The second kappa shape index (κ2) is 8.65. The number of amides is 1. The van der Waals surface area contributed by atoms with E-state index in [-0.39, 0.29) is 18.1 Å². The zero-order valence-corrected chi connectivity index (χ0v) is 16.5. The maximum Gasteiger partial charge on any atom is 0.261 e. The Morgan fingerprint density at radius 1 is 0.929 bits per heavy atom. The predicted molar refractivity (Wildman–Crippen MR) is 110 cm³/mol. The Hall–Kier alpha value is -3.21. The number of carbonyl (C=O) groups is 1. The highest BCUT2D eigenvalue weighted by molar-refractivity contribution is 5.78. The first kappa shape index (κ1) is 19.5. The van der Waals surface area contributed by atoms with Crippen LogP contribution in [0.25, 0.3) is 11.4 Å². The largest absolute Gasteiger partial charge is 0.481 e. The van der Waals surface area contributed by atoms with Gasteiger partial charge < -0.3 is 9.64 Å². The van der Waals surface area contributed by atoms with Gasteiger partial charge in [-0.2, -0.15) is 0 Å². The van der Waals surface area contributed by atoms with Gasteiger partial charge in [-0.1, -0.05) is 60.7 Å². The van der Waals surface area contributed by atoms with Crippen LogP contribution in [0.5, 0.6) is 5.75 Å². The molecule has 3 rings (SSSR count). The average Bonchev–Trinajstić information content (AvgIpc) is 2.71. The van der Waals surface area contributed by atoms with Crippen LogP contribution in [0.3, 0.4) is 0 Å². The second-order valence-electron chi connectivity index (χ2n) is 7.53. The third-order valence-electron chi connectivity index (χ3n) is 4.32. The zero-order chi connectivity index (χ0) is 20.0. The molecular formula is C23H25N3O2. The first-order valence-corrected chi connectivity index (χ1v) is 9.28. The van der Waals surface area contributed by atoms with Gasteiger partial charge in [-0.3, -0.25) is 4.79 Å². The molecule has 0 aliphatic rings. The van der Waals surface area contributed by atoms with Crippen LogP contribution >= 0.6 is 0 Å². The fourth-order valence-electron chi connectivity index (χ4n) is 2.82. The van der Waals surface area contributed by atoms with Gasteiger partial charge in [0.2, 0.25) is 0 Å². The van der Waals surface area contributed by atoms with E-state index in [4.69, 9.17) is 4.74 Å². The molecule has 0 fully saturated rings. The summed E-state index contributed by atoms with van der Waals surface area (Å²) >= 11 is 0. The van der Waals surface area contributed by atoms with Crippen molar-refractivity contribution in [2.45, 2.75) is 32.9 Å². The lowest BCUT2D eigenvalue weighted by Gasteiger charge is -2.35. The smallest absolute Gasteiger partial charge is 0.261 e. The summed E-state index contributed by atoms with van der Waals surface area (Å²) in [6.07, 6.45) is 3.20. The molecule has 0 saturated carbocycles. The van der Waals surface area contributed by atoms with Gasteiger partial charge in [-0.25, -0.2) is 9.97 Å². The van der Waals surface area contributed by atoms with Gasteiger partial charge >= 0.3 is 0 Å². The lowest BCUT2D eigenvalue weighted by Crippen LogP contribution is -2.47. The Bertz CT molecular complexity index is 889. The van der Waals surface area contributed by atoms with E-state index in [0.717, 1.165) is 11.1 Å². The van der Waals surface area contributed by atoms with Crippen LogP contribution in [-0.4, -0.2) is 32.9 Å². The lowest BCUT2D eigenvalue weighted by atomic mass is 10.0. The van der Waals surface area contributed by atoms with Crippen LogP contribution in [0.2, 0.25) is 0 Å². The summed E-state index contributed by atoms with van der Waals surface area (Å²) in [5.74, 6) is 1.02. The minimum atomic E-state index is -0.316. The number of rotatable bonds is 6. The maximum absolute atomic E-state index is 12.8. The molecule has 5 heteroatoms. The highest BCUT2D eigenvalue weighted by atomic mass is 16.5. The summed E-state index contributed by atoms with van der Waals surface area (Å²) in [5.41, 5.74) is 1.71. The van der Waals surface area contributed by atoms with Crippen molar-refractivity contribution in [3.05, 3.63) is 78.6 Å². The molecule has 0 spiro atoms. The van der Waals surface area contributed by atoms with Gasteiger partial charge in [-0.15, -0.1) is 0 Å². The maximum atomic E-state index is 12.8. The van der Waals surface area contributed by atoms with Crippen LogP contribution in [-0.2, 0) is 11.3 Å². The summed E-state index contributed by atoms with van der Waals surface area (Å²) in [6.45, 7) is 6.54. The first-order valence-electron chi connectivity index (χ1n) is 9.28. The number of ether oxygens (including phenoxy) is 1. The first-order chi connectivity index (χ1) is 13.4. The number of carbonyl (C=O) groups excluding carboxylic acids is 1. The molecule has 2 aromatic carbocycles. The summed E-state index contributed by atoms with van der Waals surface area (Å²) in [7, 11) is 0. The summed E-state index contributed by atoms with van der Waals surface area (Å²) in [5, 5.41) is 0. The van der Waals surface area contributed by atoms with Crippen LogP contribution < -0.4 is 4.74 Å². The number of nitrogens with zero attached hydrogens (tertiary/aromatic N) is 3. The predicted octanol–water partition coefficient (Wildman–Crippen LogP) is 4.35. The van der Waals surface area contributed by atoms with Crippen LogP contribution in [0, 0.1) is 0 Å². The molecule has 0 unspecified atom stereocenters. The Kier molecular flexibility index (Phi) is 6.04. The lowest BCUT2D eigenvalue weighted by molar-refractivity contribution is -0.139. The van der Waals surface area contributed by atoms with Crippen molar-refractivity contribution in [1.82, 2.24) is 14.9 Å². The van der Waals surface area contributed by atoms with Gasteiger partial charge in [0, 0.05) is 17.6 Å². The minimum Gasteiger partial charge on any atom is -0.481 e. The number of benzene rings is 2. The monoisotopic (exact) mass is 375 g/mol. The van der Waals surface area contributed by atoms with Crippen molar-refractivity contribution in [1.29, 1.82) is 0 Å². The molecule has 0 aliphatic heterocycles. The highest BCUT2D eigenvalue weighted by Crippen LogP contribution is 2.19. The normalized spacial score (nSPS) is 11.1. The van der Waals surface area contributed by atoms with Gasteiger partial charge in [0.1, 0.15) is 0 Å². The molecule has 144 valence electrons. The van der Waals surface area contributed by atoms with E-state index >= 15 is 0 Å². The molecule has 28 heavy (non-hydrogen) atoms. The molecule has 1 amide bonds. The topological polar surface area (TPSA) is 55.3 Å². The van der Waals surface area contributed by atoms with Crippen molar-refractivity contribution >= 4 is 5.91 Å². The van der Waals surface area contributed by atoms with Gasteiger partial charge in [0.25, 0.3) is 5.91 Å². The molecular weight excluding hydrogens is 350 g/mol. The molecule has 0 bridgehead atoms. The van der Waals surface area contributed by atoms with Crippen LogP contribution in [0.1, 0.15) is 26.3 Å². The minimum absolute atomic E-state index is 0.0574. The molecule has 5 nitrogen and oxygen atoms in total. The SMILES string of the molecule is CC(C)(C)N(Cc1ccccc1)C(=O)COc1cnc(-c2ccccc2)nc1. The third-order valence-corrected chi connectivity index (χ3v) is 4.32. The van der Waals surface area contributed by atoms with E-state index in [0.29, 0.717) is 18.1 Å². The molecule has 0 aliphatic carbocycles. The molecule has 3 aromatic rings. The Morgan fingerprint density at radius 2 is 1.50 bits per heavy atom. The van der Waals surface area contributed by atoms with Crippen molar-refractivity contribution in [3.63, 3.8) is 0 Å². The van der Waals surface area contributed by atoms with Gasteiger partial charge in [-0.05, 0) is 26.3 Å². The van der Waals surface area contributed by atoms with E-state index < -0.39 is 0 Å². The van der Waals surface area contributed by atoms with Crippen LogP contribution in [0.15, 0.2) is 73.1 Å². The van der Waals surface area contributed by atoms with Gasteiger partial charge in [0.15, 0.2) is 18.2 Å². The number of hydrogen-bond acceptors (Lipinski definition) is 4. The second-order valence-corrected chi connectivity index (χ2v) is 7.53. The quantitative estimate of drug-likeness (QED) is 0.643. The molecule has 0 radical (unpaired) electrons. The van der Waals surface area contributed by atoms with E-state index in [1.165, 1.54) is 0 Å². The molecule has 0 atom stereocenters. The fourth-order valence-corrected chi connectivity index (χ4v) is 2.82. The summed E-state index contributed by atoms with van der Waals surface area (Å²) in [6, 6.07) is 19.7. The Labute approximate surface area is 166 Å². The summed E-state index contributed by atoms with van der Waals surface area (Å²) in [4.78, 5) is 23.3. The van der Waals surface area contributed by atoms with Crippen molar-refractivity contribution < 1.29 is 9.53 Å². The van der Waals surface area contributed by atoms with Gasteiger partial charge in [0.05, 0.1) is 12.4 Å². The Balaban J connectivity index is 1.64. The van der Waals surface area contributed by atoms with Crippen molar-refractivity contribution in [2.75, 3.05) is 6.61 Å². The van der Waals surface area contributed by atoms with E-state index in [1.54, 1.807) is 12.4 Å². The molecule has 0 N–H and O–H groups in total. The highest BCUT2D eigenvalue weighted by Gasteiger charge is 2.26. The molecule has 0 saturated heterocycles.